The summed E-state index contributed by atoms with van der Waals surface area (Å²) in [5.41, 5.74) is 0. The molecule has 1 unspecified atom stereocenters. The maximum atomic E-state index is 10.4. The average molecular weight is 338 g/mol. The van der Waals surface area contributed by atoms with E-state index >= 15 is 0 Å². The number of carbonyl (C=O) groups is 1. The summed E-state index contributed by atoms with van der Waals surface area (Å²) in [7, 11) is 1.64. The fraction of sp³-hybridized carbons (Fsp3) is 0.929. The van der Waals surface area contributed by atoms with Gasteiger partial charge >= 0.3 is 5.97 Å². The van der Waals surface area contributed by atoms with E-state index in [4.69, 9.17) is 25.2 Å². The van der Waals surface area contributed by atoms with Crippen LogP contribution in [0.4, 0.5) is 0 Å². The Hall–Kier alpha value is -0.380. The molecule has 0 radical (unpaired) electrons. The zero-order valence-corrected chi connectivity index (χ0v) is 14.5. The molecule has 0 heterocycles. The van der Waals surface area contributed by atoms with E-state index in [2.05, 4.69) is 6.92 Å². The van der Waals surface area contributed by atoms with Gasteiger partial charge in [0.1, 0.15) is 0 Å². The fourth-order valence-electron chi connectivity index (χ4n) is 1.63. The molecule has 0 aliphatic carbocycles. The van der Waals surface area contributed by atoms with Gasteiger partial charge in [0.2, 0.25) is 0 Å². The Morgan fingerprint density at radius 3 is 2.50 bits per heavy atom. The summed E-state index contributed by atoms with van der Waals surface area (Å²) in [5.74, 6) is 6.01. The number of rotatable bonds is 16. The number of aliphatic carboxylic acids is 1. The molecule has 3 N–H and O–H groups in total. The van der Waals surface area contributed by atoms with E-state index in [1.807, 2.05) is 0 Å². The minimum Gasteiger partial charge on any atom is -0.481 e. The normalized spacial score (nSPS) is 12.7. The number of carboxylic acids is 1. The van der Waals surface area contributed by atoms with Crippen LogP contribution in [0.15, 0.2) is 0 Å². The zero-order valence-electron chi connectivity index (χ0n) is 13.7. The van der Waals surface area contributed by atoms with Gasteiger partial charge in [-0.15, -0.1) is 0 Å². The minimum absolute atomic E-state index is 0.229. The number of ether oxygens (including phenoxy) is 3. The number of nitrogens with two attached hydrogens (primary N) is 1. The summed E-state index contributed by atoms with van der Waals surface area (Å²) in [6.45, 7) is 6.37. The summed E-state index contributed by atoms with van der Waals surface area (Å²) in [4.78, 5) is 10.4. The molecule has 132 valence electrons. The number of methoxy groups -OCH3 is 1. The van der Waals surface area contributed by atoms with Crippen LogP contribution in [0.1, 0.15) is 19.8 Å². The first-order valence-electron chi connectivity index (χ1n) is 7.53. The van der Waals surface area contributed by atoms with Crippen LogP contribution in [0.5, 0.6) is 0 Å². The summed E-state index contributed by atoms with van der Waals surface area (Å²) < 4.78 is 15.6. The molecule has 1 atom stereocenters. The molecular formula is C14H30N2O5S. The van der Waals surface area contributed by atoms with Gasteiger partial charge in [0.05, 0.1) is 33.0 Å². The van der Waals surface area contributed by atoms with Crippen LogP contribution in [0.2, 0.25) is 0 Å². The van der Waals surface area contributed by atoms with E-state index in [0.717, 1.165) is 12.3 Å². The second-order valence-corrected chi connectivity index (χ2v) is 6.44. The standard InChI is InChI=1S/C14H30N2O5S/c1-13(22-11-3-4-14(17)18)12-16(15)5-6-20-9-10-21-8-7-19-2/h13H,3-12,15H2,1-2H3,(H,17,18). The van der Waals surface area contributed by atoms with Crippen molar-refractivity contribution in [2.24, 2.45) is 5.84 Å². The summed E-state index contributed by atoms with van der Waals surface area (Å²) in [5, 5.41) is 10.7. The molecule has 0 saturated carbocycles. The van der Waals surface area contributed by atoms with Crippen molar-refractivity contribution >= 4 is 17.7 Å². The second kappa shape index (κ2) is 15.5. The lowest BCUT2D eigenvalue weighted by molar-refractivity contribution is -0.137. The molecule has 0 bridgehead atoms. The molecule has 0 fully saturated rings. The molecule has 8 heteroatoms. The van der Waals surface area contributed by atoms with Crippen LogP contribution in [-0.4, -0.2) is 80.3 Å². The Labute approximate surface area is 137 Å². The number of carboxylic acid groups (broad SMARTS) is 1. The molecule has 0 aliphatic rings. The summed E-state index contributed by atoms with van der Waals surface area (Å²) in [6, 6.07) is 0. The summed E-state index contributed by atoms with van der Waals surface area (Å²) in [6.07, 6.45) is 0.924. The molecule has 22 heavy (non-hydrogen) atoms. The van der Waals surface area contributed by atoms with Gasteiger partial charge in [-0.3, -0.25) is 10.6 Å². The molecule has 0 spiro atoms. The van der Waals surface area contributed by atoms with Gasteiger partial charge in [-0.2, -0.15) is 11.8 Å². The van der Waals surface area contributed by atoms with Crippen molar-refractivity contribution in [3.8, 4) is 0 Å². The smallest absolute Gasteiger partial charge is 0.303 e. The van der Waals surface area contributed by atoms with Gasteiger partial charge in [0, 0.05) is 31.9 Å². The SMILES string of the molecule is COCCOCCOCCN(N)CC(C)SCCCC(=O)O. The number of hydrogen-bond acceptors (Lipinski definition) is 7. The van der Waals surface area contributed by atoms with Crippen LogP contribution in [0.25, 0.3) is 0 Å². The highest BCUT2D eigenvalue weighted by atomic mass is 32.2. The van der Waals surface area contributed by atoms with E-state index in [-0.39, 0.29) is 6.42 Å². The third-order valence-corrected chi connectivity index (χ3v) is 4.00. The third-order valence-electron chi connectivity index (χ3n) is 2.76. The first kappa shape index (κ1) is 21.6. The van der Waals surface area contributed by atoms with Crippen LogP contribution in [-0.2, 0) is 19.0 Å². The third kappa shape index (κ3) is 16.0. The van der Waals surface area contributed by atoms with Crippen LogP contribution < -0.4 is 5.84 Å². The van der Waals surface area contributed by atoms with Gasteiger partial charge in [-0.25, -0.2) is 5.01 Å². The number of hydrogen-bond donors (Lipinski definition) is 2. The average Bonchev–Trinajstić information content (AvgIpc) is 2.46. The Kier molecular flexibility index (Phi) is 15.2. The minimum atomic E-state index is -0.739. The van der Waals surface area contributed by atoms with Crippen LogP contribution in [0.3, 0.4) is 0 Å². The highest BCUT2D eigenvalue weighted by Gasteiger charge is 2.07. The Bertz CT molecular complexity index is 272. The molecule has 0 aliphatic heterocycles. The van der Waals surface area contributed by atoms with E-state index < -0.39 is 5.97 Å². The zero-order chi connectivity index (χ0) is 16.6. The second-order valence-electron chi connectivity index (χ2n) is 4.89. The molecule has 7 nitrogen and oxygen atoms in total. The highest BCUT2D eigenvalue weighted by molar-refractivity contribution is 7.99. The van der Waals surface area contributed by atoms with Gasteiger partial charge < -0.3 is 19.3 Å². The van der Waals surface area contributed by atoms with Gasteiger partial charge in [0.15, 0.2) is 0 Å². The first-order chi connectivity index (χ1) is 10.6. The maximum Gasteiger partial charge on any atom is 0.303 e. The molecule has 0 amide bonds. The van der Waals surface area contributed by atoms with Crippen molar-refractivity contribution in [1.29, 1.82) is 0 Å². The maximum absolute atomic E-state index is 10.4. The molecule has 0 aromatic heterocycles. The van der Waals surface area contributed by atoms with Crippen molar-refractivity contribution in [1.82, 2.24) is 5.01 Å². The molecule has 0 saturated heterocycles. The van der Waals surface area contributed by atoms with E-state index in [0.29, 0.717) is 51.2 Å². The molecular weight excluding hydrogens is 308 g/mol. The van der Waals surface area contributed by atoms with Crippen LogP contribution in [0, 0.1) is 0 Å². The highest BCUT2D eigenvalue weighted by Crippen LogP contribution is 2.13. The predicted octanol–water partition coefficient (Wildman–Crippen LogP) is 0.828. The largest absolute Gasteiger partial charge is 0.481 e. The Morgan fingerprint density at radius 2 is 1.86 bits per heavy atom. The van der Waals surface area contributed by atoms with Crippen molar-refractivity contribution < 1.29 is 24.1 Å². The van der Waals surface area contributed by atoms with E-state index in [1.54, 1.807) is 23.9 Å². The molecule has 0 aromatic rings. The molecule has 0 aromatic carbocycles. The van der Waals surface area contributed by atoms with Crippen molar-refractivity contribution in [3.05, 3.63) is 0 Å². The summed E-state index contributed by atoms with van der Waals surface area (Å²) >= 11 is 1.74. The lowest BCUT2D eigenvalue weighted by Crippen LogP contribution is -2.38. The fourth-order valence-corrected chi connectivity index (χ4v) is 2.64. The van der Waals surface area contributed by atoms with Gasteiger partial charge in [-0.1, -0.05) is 6.92 Å². The number of nitrogens with zero attached hydrogens (tertiary/aromatic N) is 1. The Balaban J connectivity index is 3.36. The number of hydrazine groups is 1. The predicted molar refractivity (Wildman–Crippen MR) is 88.1 cm³/mol. The van der Waals surface area contributed by atoms with Gasteiger partial charge in [-0.05, 0) is 12.2 Å². The van der Waals surface area contributed by atoms with Crippen molar-refractivity contribution in [2.75, 3.05) is 59.0 Å². The van der Waals surface area contributed by atoms with Crippen molar-refractivity contribution in [3.63, 3.8) is 0 Å². The lowest BCUT2D eigenvalue weighted by atomic mass is 10.3. The lowest BCUT2D eigenvalue weighted by Gasteiger charge is -2.20. The quantitative estimate of drug-likeness (QED) is 0.243. The van der Waals surface area contributed by atoms with Crippen molar-refractivity contribution in [2.45, 2.75) is 25.0 Å². The monoisotopic (exact) mass is 338 g/mol. The van der Waals surface area contributed by atoms with Crippen LogP contribution >= 0.6 is 11.8 Å². The van der Waals surface area contributed by atoms with E-state index in [9.17, 15) is 4.79 Å². The first-order valence-corrected chi connectivity index (χ1v) is 8.58. The number of thioether (sulfide) groups is 1. The topological polar surface area (TPSA) is 94.3 Å². The van der Waals surface area contributed by atoms with E-state index in [1.165, 1.54) is 0 Å². The Morgan fingerprint density at radius 1 is 1.23 bits per heavy atom. The van der Waals surface area contributed by atoms with Gasteiger partial charge in [0.25, 0.3) is 0 Å². The molecule has 0 rings (SSSR count).